The van der Waals surface area contributed by atoms with E-state index in [0.29, 0.717) is 17.8 Å². The summed E-state index contributed by atoms with van der Waals surface area (Å²) in [6, 6.07) is 0. The molecule has 1 aliphatic carbocycles. The number of methoxy groups -OCH3 is 1. The molecule has 0 saturated heterocycles. The van der Waals surface area contributed by atoms with Gasteiger partial charge >= 0.3 is 5.97 Å². The summed E-state index contributed by atoms with van der Waals surface area (Å²) in [7, 11) is 1.74. The smallest absolute Gasteiger partial charge is 0.356 e. The lowest BCUT2D eigenvalue weighted by atomic mass is 10.1. The van der Waals surface area contributed by atoms with Gasteiger partial charge in [0.1, 0.15) is 5.82 Å². The molecule has 2 atom stereocenters. The van der Waals surface area contributed by atoms with E-state index in [-0.39, 0.29) is 5.69 Å². The van der Waals surface area contributed by atoms with Crippen molar-refractivity contribution in [3.63, 3.8) is 0 Å². The average molecular weight is 251 g/mol. The molecule has 18 heavy (non-hydrogen) atoms. The van der Waals surface area contributed by atoms with Gasteiger partial charge in [-0.2, -0.15) is 0 Å². The molecule has 2 unspecified atom stereocenters. The number of hydrogen-bond acceptors (Lipinski definition) is 5. The van der Waals surface area contributed by atoms with Gasteiger partial charge in [-0.3, -0.25) is 0 Å². The van der Waals surface area contributed by atoms with E-state index in [1.807, 2.05) is 0 Å². The van der Waals surface area contributed by atoms with Crippen molar-refractivity contribution in [1.29, 1.82) is 0 Å². The number of carboxylic acids is 1. The van der Waals surface area contributed by atoms with Crippen LogP contribution in [0.15, 0.2) is 12.4 Å². The largest absolute Gasteiger partial charge is 0.476 e. The topological polar surface area (TPSA) is 84.3 Å². The molecular formula is C12H17N3O3. The van der Waals surface area contributed by atoms with Crippen molar-refractivity contribution < 1.29 is 14.6 Å². The van der Waals surface area contributed by atoms with Crippen LogP contribution in [-0.2, 0) is 4.74 Å². The van der Waals surface area contributed by atoms with Gasteiger partial charge in [0.2, 0.25) is 0 Å². The minimum atomic E-state index is -1.07. The Morgan fingerprint density at radius 3 is 2.94 bits per heavy atom. The summed E-state index contributed by atoms with van der Waals surface area (Å²) in [6.45, 7) is 0.777. The first-order chi connectivity index (χ1) is 8.70. The number of ether oxygens (including phenoxy) is 1. The van der Waals surface area contributed by atoms with Gasteiger partial charge in [-0.25, -0.2) is 14.8 Å². The Morgan fingerprint density at radius 1 is 1.50 bits per heavy atom. The fourth-order valence-corrected chi connectivity index (χ4v) is 2.31. The number of carbonyl (C=O) groups is 1. The summed E-state index contributed by atoms with van der Waals surface area (Å²) in [5.41, 5.74) is -0.0452. The number of rotatable bonds is 5. The second-order valence-corrected chi connectivity index (χ2v) is 4.44. The third kappa shape index (κ3) is 2.95. The quantitative estimate of drug-likeness (QED) is 0.823. The molecule has 0 aromatic carbocycles. The number of anilines is 1. The van der Waals surface area contributed by atoms with E-state index in [1.165, 1.54) is 18.8 Å². The molecular weight excluding hydrogens is 234 g/mol. The Bertz CT molecular complexity index is 408. The molecule has 0 spiro atoms. The van der Waals surface area contributed by atoms with Crippen molar-refractivity contribution in [1.82, 2.24) is 9.97 Å². The molecule has 0 amide bonds. The third-order valence-corrected chi connectivity index (χ3v) is 3.31. The number of aromatic carboxylic acids is 1. The zero-order valence-electron chi connectivity index (χ0n) is 10.3. The van der Waals surface area contributed by atoms with Crippen molar-refractivity contribution in [2.45, 2.75) is 25.4 Å². The highest BCUT2D eigenvalue weighted by Gasteiger charge is 2.26. The molecule has 1 aliphatic rings. The van der Waals surface area contributed by atoms with Crippen LogP contribution in [0, 0.1) is 5.92 Å². The Hall–Kier alpha value is -1.69. The molecule has 98 valence electrons. The van der Waals surface area contributed by atoms with E-state index < -0.39 is 5.97 Å². The fraction of sp³-hybridized carbons (Fsp3) is 0.583. The number of carboxylic acid groups (broad SMARTS) is 1. The van der Waals surface area contributed by atoms with E-state index in [9.17, 15) is 4.79 Å². The van der Waals surface area contributed by atoms with Crippen LogP contribution in [0.5, 0.6) is 0 Å². The van der Waals surface area contributed by atoms with Crippen molar-refractivity contribution in [2.75, 3.05) is 19.0 Å². The highest BCUT2D eigenvalue weighted by atomic mass is 16.5. The van der Waals surface area contributed by atoms with Crippen LogP contribution < -0.4 is 5.32 Å². The second-order valence-electron chi connectivity index (χ2n) is 4.44. The van der Waals surface area contributed by atoms with Crippen LogP contribution in [0.3, 0.4) is 0 Å². The highest BCUT2D eigenvalue weighted by molar-refractivity contribution is 5.84. The summed E-state index contributed by atoms with van der Waals surface area (Å²) >= 11 is 0. The number of hydrogen-bond donors (Lipinski definition) is 2. The van der Waals surface area contributed by atoms with Crippen molar-refractivity contribution in [2.24, 2.45) is 5.92 Å². The molecule has 1 aromatic heterocycles. The van der Waals surface area contributed by atoms with Gasteiger partial charge in [-0.05, 0) is 12.8 Å². The van der Waals surface area contributed by atoms with E-state index in [4.69, 9.17) is 9.84 Å². The third-order valence-electron chi connectivity index (χ3n) is 3.31. The maximum absolute atomic E-state index is 10.6. The van der Waals surface area contributed by atoms with Crippen molar-refractivity contribution >= 4 is 11.8 Å². The summed E-state index contributed by atoms with van der Waals surface area (Å²) in [6.07, 6.45) is 6.45. The van der Waals surface area contributed by atoms with Gasteiger partial charge in [-0.15, -0.1) is 0 Å². The summed E-state index contributed by atoms with van der Waals surface area (Å²) in [5.74, 6) is 0.0157. The van der Waals surface area contributed by atoms with Gasteiger partial charge in [0, 0.05) is 19.6 Å². The zero-order valence-corrected chi connectivity index (χ0v) is 10.3. The molecule has 1 fully saturated rings. The van der Waals surface area contributed by atoms with Crippen molar-refractivity contribution in [3.05, 3.63) is 18.1 Å². The lowest BCUT2D eigenvalue weighted by molar-refractivity contribution is 0.0690. The molecule has 1 heterocycles. The molecule has 2 N–H and O–H groups in total. The first-order valence-corrected chi connectivity index (χ1v) is 6.02. The standard InChI is InChI=1S/C12H17N3O3/c1-18-10-4-2-3-8(10)5-14-11-7-13-9(6-15-11)12(16)17/h6-8,10H,2-5H2,1H3,(H,14,15)(H,16,17). The predicted octanol–water partition coefficient (Wildman–Crippen LogP) is 1.40. The van der Waals surface area contributed by atoms with Crippen LogP contribution in [0.1, 0.15) is 29.8 Å². The average Bonchev–Trinajstić information content (AvgIpc) is 2.84. The van der Waals surface area contributed by atoms with Gasteiger partial charge in [-0.1, -0.05) is 6.42 Å². The van der Waals surface area contributed by atoms with E-state index in [0.717, 1.165) is 19.4 Å². The van der Waals surface area contributed by atoms with Gasteiger partial charge in [0.05, 0.1) is 18.5 Å². The molecule has 1 saturated carbocycles. The van der Waals surface area contributed by atoms with Crippen LogP contribution in [0.4, 0.5) is 5.82 Å². The molecule has 2 rings (SSSR count). The Morgan fingerprint density at radius 2 is 2.33 bits per heavy atom. The predicted molar refractivity (Wildman–Crippen MR) is 65.6 cm³/mol. The van der Waals surface area contributed by atoms with E-state index in [2.05, 4.69) is 15.3 Å². The lowest BCUT2D eigenvalue weighted by Gasteiger charge is -2.18. The van der Waals surface area contributed by atoms with Gasteiger partial charge in [0.15, 0.2) is 5.69 Å². The Kier molecular flexibility index (Phi) is 4.09. The number of nitrogens with one attached hydrogen (secondary N) is 1. The summed E-state index contributed by atoms with van der Waals surface area (Å²) < 4.78 is 5.41. The van der Waals surface area contributed by atoms with Gasteiger partial charge < -0.3 is 15.2 Å². The number of aromatic nitrogens is 2. The Labute approximate surface area is 105 Å². The monoisotopic (exact) mass is 251 g/mol. The fourth-order valence-electron chi connectivity index (χ4n) is 2.31. The lowest BCUT2D eigenvalue weighted by Crippen LogP contribution is -2.24. The maximum atomic E-state index is 10.6. The second kappa shape index (κ2) is 5.77. The molecule has 1 aromatic rings. The molecule has 0 radical (unpaired) electrons. The highest BCUT2D eigenvalue weighted by Crippen LogP contribution is 2.27. The minimum absolute atomic E-state index is 0.0452. The number of nitrogens with zero attached hydrogens (tertiary/aromatic N) is 2. The first-order valence-electron chi connectivity index (χ1n) is 6.02. The summed E-state index contributed by atoms with van der Waals surface area (Å²) in [4.78, 5) is 18.4. The van der Waals surface area contributed by atoms with Crippen LogP contribution in [0.25, 0.3) is 0 Å². The van der Waals surface area contributed by atoms with Crippen molar-refractivity contribution in [3.8, 4) is 0 Å². The molecule has 6 nitrogen and oxygen atoms in total. The Balaban J connectivity index is 1.88. The molecule has 0 aliphatic heterocycles. The summed E-state index contributed by atoms with van der Waals surface area (Å²) in [5, 5.41) is 11.9. The van der Waals surface area contributed by atoms with Gasteiger partial charge in [0.25, 0.3) is 0 Å². The van der Waals surface area contributed by atoms with E-state index in [1.54, 1.807) is 7.11 Å². The molecule has 6 heteroatoms. The zero-order chi connectivity index (χ0) is 13.0. The first kappa shape index (κ1) is 12.8. The van der Waals surface area contributed by atoms with Crippen LogP contribution >= 0.6 is 0 Å². The SMILES string of the molecule is COC1CCCC1CNc1cnc(C(=O)O)cn1. The van der Waals surface area contributed by atoms with Crippen LogP contribution in [-0.4, -0.2) is 40.8 Å². The molecule has 0 bridgehead atoms. The normalized spacial score (nSPS) is 22.9. The van der Waals surface area contributed by atoms with Crippen LogP contribution in [0.2, 0.25) is 0 Å². The van der Waals surface area contributed by atoms with E-state index >= 15 is 0 Å². The maximum Gasteiger partial charge on any atom is 0.356 e. The minimum Gasteiger partial charge on any atom is -0.476 e.